The van der Waals surface area contributed by atoms with Crippen LogP contribution in [0.4, 0.5) is 5.69 Å². The van der Waals surface area contributed by atoms with Gasteiger partial charge in [0, 0.05) is 19.5 Å². The summed E-state index contributed by atoms with van der Waals surface area (Å²) in [7, 11) is 0. The van der Waals surface area contributed by atoms with Gasteiger partial charge >= 0.3 is 0 Å². The largest absolute Gasteiger partial charge is 0.380 e. The van der Waals surface area contributed by atoms with Crippen LogP contribution in [0, 0.1) is 6.92 Å². The Balaban J connectivity index is 2.08. The van der Waals surface area contributed by atoms with Gasteiger partial charge in [-0.05, 0) is 58.1 Å². The summed E-state index contributed by atoms with van der Waals surface area (Å²) >= 11 is 8.76. The SMILES string of the molecule is Cc1cc(Br)ccc1NCc1sccc1Br. The van der Waals surface area contributed by atoms with Crippen LogP contribution in [-0.4, -0.2) is 0 Å². The van der Waals surface area contributed by atoms with E-state index in [4.69, 9.17) is 0 Å². The van der Waals surface area contributed by atoms with Gasteiger partial charge in [-0.3, -0.25) is 0 Å². The van der Waals surface area contributed by atoms with E-state index in [9.17, 15) is 0 Å². The van der Waals surface area contributed by atoms with Crippen molar-refractivity contribution in [2.75, 3.05) is 5.32 Å². The smallest absolute Gasteiger partial charge is 0.0505 e. The third kappa shape index (κ3) is 2.87. The van der Waals surface area contributed by atoms with Gasteiger partial charge in [-0.2, -0.15) is 0 Å². The highest BCUT2D eigenvalue weighted by atomic mass is 79.9. The zero-order valence-electron chi connectivity index (χ0n) is 8.76. The molecular weight excluding hydrogens is 350 g/mol. The molecular formula is C12H11Br2NS. The molecule has 1 heterocycles. The summed E-state index contributed by atoms with van der Waals surface area (Å²) in [5.74, 6) is 0. The molecule has 1 N–H and O–H groups in total. The molecule has 0 fully saturated rings. The van der Waals surface area contributed by atoms with Crippen LogP contribution in [-0.2, 0) is 6.54 Å². The molecule has 1 nitrogen and oxygen atoms in total. The molecule has 0 spiro atoms. The summed E-state index contributed by atoms with van der Waals surface area (Å²) in [5.41, 5.74) is 2.44. The first-order chi connectivity index (χ1) is 7.66. The average Bonchev–Trinajstić information content (AvgIpc) is 2.63. The summed E-state index contributed by atoms with van der Waals surface area (Å²) in [6.45, 7) is 2.97. The molecule has 4 heteroatoms. The fourth-order valence-electron chi connectivity index (χ4n) is 1.45. The Morgan fingerprint density at radius 1 is 1.25 bits per heavy atom. The van der Waals surface area contributed by atoms with Crippen LogP contribution in [0.25, 0.3) is 0 Å². The molecule has 0 aliphatic rings. The summed E-state index contributed by atoms with van der Waals surface area (Å²) in [4.78, 5) is 1.32. The van der Waals surface area contributed by atoms with Gasteiger partial charge in [0.2, 0.25) is 0 Å². The molecule has 2 aromatic rings. The standard InChI is InChI=1S/C12H11Br2NS/c1-8-6-9(13)2-3-11(8)15-7-12-10(14)4-5-16-12/h2-6,15H,7H2,1H3. The van der Waals surface area contributed by atoms with Crippen LogP contribution in [0.1, 0.15) is 10.4 Å². The fourth-order valence-corrected chi connectivity index (χ4v) is 3.36. The molecule has 0 aliphatic carbocycles. The molecule has 0 amide bonds. The zero-order valence-corrected chi connectivity index (χ0v) is 12.7. The minimum Gasteiger partial charge on any atom is -0.380 e. The summed E-state index contributed by atoms with van der Waals surface area (Å²) in [5, 5.41) is 5.54. The van der Waals surface area contributed by atoms with Crippen molar-refractivity contribution in [3.05, 3.63) is 49.0 Å². The summed E-state index contributed by atoms with van der Waals surface area (Å²) < 4.78 is 2.30. The van der Waals surface area contributed by atoms with Crippen LogP contribution >= 0.6 is 43.2 Å². The van der Waals surface area contributed by atoms with Crippen molar-refractivity contribution in [3.63, 3.8) is 0 Å². The third-order valence-corrected chi connectivity index (χ3v) is 4.74. The molecule has 1 aromatic heterocycles. The molecule has 1 aromatic carbocycles. The summed E-state index contributed by atoms with van der Waals surface area (Å²) in [6, 6.07) is 8.35. The number of halogens is 2. The Bertz CT molecular complexity index is 494. The van der Waals surface area contributed by atoms with Crippen molar-refractivity contribution < 1.29 is 0 Å². The fraction of sp³-hybridized carbons (Fsp3) is 0.167. The van der Waals surface area contributed by atoms with Crippen molar-refractivity contribution in [2.45, 2.75) is 13.5 Å². The molecule has 2 rings (SSSR count). The Morgan fingerprint density at radius 3 is 2.69 bits per heavy atom. The molecule has 0 radical (unpaired) electrons. The van der Waals surface area contributed by atoms with Crippen molar-refractivity contribution in [1.82, 2.24) is 0 Å². The highest BCUT2D eigenvalue weighted by Gasteiger charge is 2.02. The number of hydrogen-bond donors (Lipinski definition) is 1. The van der Waals surface area contributed by atoms with E-state index in [0.29, 0.717) is 0 Å². The topological polar surface area (TPSA) is 12.0 Å². The first kappa shape index (κ1) is 12.1. The van der Waals surface area contributed by atoms with Gasteiger partial charge in [0.15, 0.2) is 0 Å². The molecule has 0 unspecified atom stereocenters. The van der Waals surface area contributed by atoms with Gasteiger partial charge in [-0.25, -0.2) is 0 Å². The molecule has 84 valence electrons. The average molecular weight is 361 g/mol. The maximum atomic E-state index is 3.53. The second-order valence-electron chi connectivity index (χ2n) is 3.50. The predicted octanol–water partition coefficient (Wildman–Crippen LogP) is 5.19. The van der Waals surface area contributed by atoms with Crippen LogP contribution in [0.2, 0.25) is 0 Å². The number of benzene rings is 1. The second-order valence-corrected chi connectivity index (χ2v) is 6.28. The monoisotopic (exact) mass is 359 g/mol. The number of thiophene rings is 1. The van der Waals surface area contributed by atoms with Crippen LogP contribution in [0.5, 0.6) is 0 Å². The van der Waals surface area contributed by atoms with Gasteiger partial charge in [0.1, 0.15) is 0 Å². The number of hydrogen-bond acceptors (Lipinski definition) is 2. The zero-order chi connectivity index (χ0) is 11.5. The first-order valence-electron chi connectivity index (χ1n) is 4.88. The van der Waals surface area contributed by atoms with Crippen molar-refractivity contribution in [1.29, 1.82) is 0 Å². The molecule has 0 aliphatic heterocycles. The summed E-state index contributed by atoms with van der Waals surface area (Å²) in [6.07, 6.45) is 0. The van der Waals surface area contributed by atoms with Crippen molar-refractivity contribution in [2.24, 2.45) is 0 Å². The minimum absolute atomic E-state index is 0.862. The molecule has 0 saturated heterocycles. The Kier molecular flexibility index (Phi) is 4.05. The lowest BCUT2D eigenvalue weighted by atomic mass is 10.2. The normalized spacial score (nSPS) is 10.4. The molecule has 0 bridgehead atoms. The molecule has 16 heavy (non-hydrogen) atoms. The third-order valence-electron chi connectivity index (χ3n) is 2.32. The lowest BCUT2D eigenvalue weighted by Crippen LogP contribution is -1.99. The van der Waals surface area contributed by atoms with Gasteiger partial charge in [0.05, 0.1) is 6.54 Å². The quantitative estimate of drug-likeness (QED) is 0.793. The van der Waals surface area contributed by atoms with Gasteiger partial charge in [-0.15, -0.1) is 11.3 Å². The van der Waals surface area contributed by atoms with E-state index in [2.05, 4.69) is 73.7 Å². The molecule has 0 atom stereocenters. The van der Waals surface area contributed by atoms with Crippen LogP contribution in [0.15, 0.2) is 38.6 Å². The van der Waals surface area contributed by atoms with Gasteiger partial charge < -0.3 is 5.32 Å². The van der Waals surface area contributed by atoms with E-state index in [-0.39, 0.29) is 0 Å². The first-order valence-corrected chi connectivity index (χ1v) is 7.35. The van der Waals surface area contributed by atoms with Crippen molar-refractivity contribution in [3.8, 4) is 0 Å². The van der Waals surface area contributed by atoms with E-state index in [1.54, 1.807) is 11.3 Å². The lowest BCUT2D eigenvalue weighted by Gasteiger charge is -2.09. The van der Waals surface area contributed by atoms with E-state index >= 15 is 0 Å². The van der Waals surface area contributed by atoms with E-state index in [0.717, 1.165) is 11.0 Å². The van der Waals surface area contributed by atoms with Gasteiger partial charge in [-0.1, -0.05) is 15.9 Å². The lowest BCUT2D eigenvalue weighted by molar-refractivity contribution is 1.17. The van der Waals surface area contributed by atoms with E-state index in [1.165, 1.54) is 20.6 Å². The van der Waals surface area contributed by atoms with Crippen molar-refractivity contribution >= 4 is 48.9 Å². The highest BCUT2D eigenvalue weighted by molar-refractivity contribution is 9.10. The number of anilines is 1. The number of nitrogens with one attached hydrogen (secondary N) is 1. The number of rotatable bonds is 3. The second kappa shape index (κ2) is 5.34. The van der Waals surface area contributed by atoms with E-state index in [1.807, 2.05) is 0 Å². The predicted molar refractivity (Wildman–Crippen MR) is 78.2 cm³/mol. The van der Waals surface area contributed by atoms with Crippen LogP contribution in [0.3, 0.4) is 0 Å². The Morgan fingerprint density at radius 2 is 2.06 bits per heavy atom. The number of aryl methyl sites for hydroxylation is 1. The van der Waals surface area contributed by atoms with E-state index < -0.39 is 0 Å². The molecule has 0 saturated carbocycles. The minimum atomic E-state index is 0.862. The van der Waals surface area contributed by atoms with Crippen LogP contribution < -0.4 is 5.32 Å². The Hall–Kier alpha value is -0.320. The highest BCUT2D eigenvalue weighted by Crippen LogP contribution is 2.25. The Labute approximate surface area is 116 Å². The maximum absolute atomic E-state index is 3.53. The maximum Gasteiger partial charge on any atom is 0.0505 e. The van der Waals surface area contributed by atoms with Gasteiger partial charge in [0.25, 0.3) is 0 Å².